The van der Waals surface area contributed by atoms with Gasteiger partial charge in [0, 0.05) is 16.6 Å². The van der Waals surface area contributed by atoms with Crippen molar-refractivity contribution in [3.63, 3.8) is 0 Å². The fraction of sp³-hybridized carbons (Fsp3) is 0.261. The number of fused-ring (bicyclic) bond motifs is 2. The smallest absolute Gasteiger partial charge is 0.339 e. The number of ketones is 1. The SMILES string of the molecule is O=C(COC(=O)c1c2c(nc3ccccc13)CCCCC2)c1ccc(F)c(F)c1. The van der Waals surface area contributed by atoms with Gasteiger partial charge >= 0.3 is 5.97 Å². The van der Waals surface area contributed by atoms with Crippen LogP contribution in [0.1, 0.15) is 51.2 Å². The Labute approximate surface area is 166 Å². The molecule has 0 amide bonds. The molecule has 3 aromatic rings. The van der Waals surface area contributed by atoms with Gasteiger partial charge in [0.15, 0.2) is 24.0 Å². The van der Waals surface area contributed by atoms with Gasteiger partial charge in [-0.1, -0.05) is 24.6 Å². The summed E-state index contributed by atoms with van der Waals surface area (Å²) in [5, 5.41) is 0.693. The van der Waals surface area contributed by atoms with Crippen LogP contribution in [0.15, 0.2) is 42.5 Å². The molecule has 29 heavy (non-hydrogen) atoms. The second kappa shape index (κ2) is 8.07. The van der Waals surface area contributed by atoms with Gasteiger partial charge in [-0.15, -0.1) is 0 Å². The van der Waals surface area contributed by atoms with Crippen molar-refractivity contribution in [2.45, 2.75) is 32.1 Å². The Morgan fingerprint density at radius 1 is 0.966 bits per heavy atom. The summed E-state index contributed by atoms with van der Waals surface area (Å²) in [7, 11) is 0. The van der Waals surface area contributed by atoms with E-state index in [0.717, 1.165) is 55.5 Å². The number of para-hydroxylation sites is 1. The number of aryl methyl sites for hydroxylation is 1. The Balaban J connectivity index is 1.63. The van der Waals surface area contributed by atoms with Gasteiger partial charge in [-0.05, 0) is 55.5 Å². The predicted molar refractivity (Wildman–Crippen MR) is 104 cm³/mol. The fourth-order valence-electron chi connectivity index (χ4n) is 3.74. The molecule has 0 radical (unpaired) electrons. The lowest BCUT2D eigenvalue weighted by Gasteiger charge is -2.14. The van der Waals surface area contributed by atoms with E-state index in [2.05, 4.69) is 0 Å². The van der Waals surface area contributed by atoms with Crippen LogP contribution in [0.25, 0.3) is 10.9 Å². The molecular weight excluding hydrogens is 376 g/mol. The van der Waals surface area contributed by atoms with Crippen LogP contribution in [0.4, 0.5) is 8.78 Å². The van der Waals surface area contributed by atoms with Gasteiger partial charge in [-0.3, -0.25) is 9.78 Å². The molecule has 0 unspecified atom stereocenters. The zero-order chi connectivity index (χ0) is 20.4. The van der Waals surface area contributed by atoms with Gasteiger partial charge in [0.2, 0.25) is 0 Å². The molecule has 148 valence electrons. The van der Waals surface area contributed by atoms with Crippen molar-refractivity contribution >= 4 is 22.7 Å². The van der Waals surface area contributed by atoms with E-state index in [1.54, 1.807) is 0 Å². The van der Waals surface area contributed by atoms with E-state index in [4.69, 9.17) is 9.72 Å². The fourth-order valence-corrected chi connectivity index (χ4v) is 3.74. The molecule has 0 saturated heterocycles. The third-order valence-electron chi connectivity index (χ3n) is 5.20. The molecule has 0 spiro atoms. The molecule has 4 rings (SSSR count). The third-order valence-corrected chi connectivity index (χ3v) is 5.20. The van der Waals surface area contributed by atoms with Gasteiger partial charge in [-0.2, -0.15) is 0 Å². The lowest BCUT2D eigenvalue weighted by atomic mass is 9.97. The Hall–Kier alpha value is -3.15. The van der Waals surface area contributed by atoms with Crippen molar-refractivity contribution in [2.75, 3.05) is 6.61 Å². The highest BCUT2D eigenvalue weighted by atomic mass is 19.2. The van der Waals surface area contributed by atoms with Gasteiger partial charge in [-0.25, -0.2) is 13.6 Å². The number of rotatable bonds is 4. The normalized spacial score (nSPS) is 13.6. The molecule has 0 fully saturated rings. The van der Waals surface area contributed by atoms with Crippen LogP contribution in [0.5, 0.6) is 0 Å². The lowest BCUT2D eigenvalue weighted by Crippen LogP contribution is -2.17. The topological polar surface area (TPSA) is 56.3 Å². The predicted octanol–water partition coefficient (Wildman–Crippen LogP) is 4.82. The second-order valence-corrected chi connectivity index (χ2v) is 7.12. The molecule has 0 saturated carbocycles. The Bertz CT molecular complexity index is 1110. The van der Waals surface area contributed by atoms with Crippen LogP contribution < -0.4 is 0 Å². The zero-order valence-corrected chi connectivity index (χ0v) is 15.7. The summed E-state index contributed by atoms with van der Waals surface area (Å²) in [6, 6.07) is 10.2. The average Bonchev–Trinajstić information content (AvgIpc) is 2.97. The van der Waals surface area contributed by atoms with E-state index < -0.39 is 30.0 Å². The van der Waals surface area contributed by atoms with Crippen LogP contribution in [-0.2, 0) is 17.6 Å². The van der Waals surface area contributed by atoms with E-state index in [1.807, 2.05) is 24.3 Å². The van der Waals surface area contributed by atoms with Crippen LogP contribution >= 0.6 is 0 Å². The third kappa shape index (κ3) is 3.88. The summed E-state index contributed by atoms with van der Waals surface area (Å²) >= 11 is 0. The molecule has 2 aromatic carbocycles. The summed E-state index contributed by atoms with van der Waals surface area (Å²) in [6.07, 6.45) is 4.57. The summed E-state index contributed by atoms with van der Waals surface area (Å²) < 4.78 is 31.7. The van der Waals surface area contributed by atoms with Crippen molar-refractivity contribution in [2.24, 2.45) is 0 Å². The van der Waals surface area contributed by atoms with Crippen molar-refractivity contribution < 1.29 is 23.1 Å². The molecule has 1 aliphatic carbocycles. The van der Waals surface area contributed by atoms with E-state index >= 15 is 0 Å². The highest BCUT2D eigenvalue weighted by Gasteiger charge is 2.23. The molecule has 0 aliphatic heterocycles. The molecule has 1 aliphatic rings. The molecule has 0 N–H and O–H groups in total. The summed E-state index contributed by atoms with van der Waals surface area (Å²) in [6.45, 7) is -0.546. The van der Waals surface area contributed by atoms with Gasteiger partial charge in [0.1, 0.15) is 0 Å². The standard InChI is InChI=1S/C23H19F2NO3/c24-17-11-10-14(12-18(17)25)21(27)13-29-23(28)22-15-6-2-1-3-8-19(15)26-20-9-5-4-7-16(20)22/h4-5,7,9-12H,1-3,6,8,13H2. The maximum atomic E-state index is 13.4. The van der Waals surface area contributed by atoms with Crippen LogP contribution in [0, 0.1) is 11.6 Å². The number of hydrogen-bond acceptors (Lipinski definition) is 4. The second-order valence-electron chi connectivity index (χ2n) is 7.12. The van der Waals surface area contributed by atoms with Crippen LogP contribution in [-0.4, -0.2) is 23.3 Å². The van der Waals surface area contributed by atoms with E-state index in [-0.39, 0.29) is 5.56 Å². The number of benzene rings is 2. The summed E-state index contributed by atoms with van der Waals surface area (Å²) in [5.41, 5.74) is 2.90. The molecule has 1 heterocycles. The first-order valence-electron chi connectivity index (χ1n) is 9.60. The van der Waals surface area contributed by atoms with Crippen LogP contribution in [0.3, 0.4) is 0 Å². The highest BCUT2D eigenvalue weighted by Crippen LogP contribution is 2.29. The quantitative estimate of drug-likeness (QED) is 0.361. The van der Waals surface area contributed by atoms with E-state index in [0.29, 0.717) is 16.5 Å². The Kier molecular flexibility index (Phi) is 5.34. The summed E-state index contributed by atoms with van der Waals surface area (Å²) in [4.78, 5) is 30.0. The minimum Gasteiger partial charge on any atom is -0.454 e. The van der Waals surface area contributed by atoms with Crippen molar-refractivity contribution in [3.05, 3.63) is 76.5 Å². The van der Waals surface area contributed by atoms with Crippen molar-refractivity contribution in [1.82, 2.24) is 4.98 Å². The number of halogens is 2. The first-order valence-corrected chi connectivity index (χ1v) is 9.60. The van der Waals surface area contributed by atoms with E-state index in [9.17, 15) is 18.4 Å². The van der Waals surface area contributed by atoms with Crippen molar-refractivity contribution in [1.29, 1.82) is 0 Å². The lowest BCUT2D eigenvalue weighted by molar-refractivity contribution is 0.0475. The maximum Gasteiger partial charge on any atom is 0.339 e. The number of ether oxygens (including phenoxy) is 1. The zero-order valence-electron chi connectivity index (χ0n) is 15.7. The van der Waals surface area contributed by atoms with Crippen molar-refractivity contribution in [3.8, 4) is 0 Å². The van der Waals surface area contributed by atoms with Gasteiger partial charge in [0.05, 0.1) is 11.1 Å². The Morgan fingerprint density at radius 2 is 1.76 bits per heavy atom. The van der Waals surface area contributed by atoms with Crippen LogP contribution in [0.2, 0.25) is 0 Å². The molecule has 0 bridgehead atoms. The number of carbonyl (C=O) groups is 2. The van der Waals surface area contributed by atoms with Gasteiger partial charge in [0.25, 0.3) is 0 Å². The molecule has 0 atom stereocenters. The largest absolute Gasteiger partial charge is 0.454 e. The average molecular weight is 395 g/mol. The molecule has 4 nitrogen and oxygen atoms in total. The number of hydrogen-bond donors (Lipinski definition) is 0. The number of pyridine rings is 1. The molecule has 6 heteroatoms. The van der Waals surface area contributed by atoms with Gasteiger partial charge < -0.3 is 4.74 Å². The summed E-state index contributed by atoms with van der Waals surface area (Å²) in [5.74, 6) is -3.35. The molecule has 1 aromatic heterocycles. The Morgan fingerprint density at radius 3 is 2.59 bits per heavy atom. The number of nitrogens with zero attached hydrogens (tertiary/aromatic N) is 1. The number of carbonyl (C=O) groups excluding carboxylic acids is 2. The number of Topliss-reactive ketones (excluding diaryl/α,β-unsaturated/α-hetero) is 1. The first kappa shape index (κ1) is 19.2. The maximum absolute atomic E-state index is 13.4. The number of aromatic nitrogens is 1. The minimum absolute atomic E-state index is 0.0462. The monoisotopic (exact) mass is 395 g/mol. The minimum atomic E-state index is -1.12. The molecular formula is C23H19F2NO3. The first-order chi connectivity index (χ1) is 14.0. The van der Waals surface area contributed by atoms with E-state index in [1.165, 1.54) is 6.07 Å². The number of esters is 1. The highest BCUT2D eigenvalue weighted by molar-refractivity contribution is 6.06.